The number of pyridine rings is 1. The molecule has 0 amide bonds. The molecule has 88 valence electrons. The molecule has 1 N–H and O–H groups in total. The van der Waals surface area contributed by atoms with Crippen LogP contribution in [0.5, 0.6) is 0 Å². The van der Waals surface area contributed by atoms with E-state index >= 15 is 0 Å². The van der Waals surface area contributed by atoms with Gasteiger partial charge < -0.3 is 5.32 Å². The van der Waals surface area contributed by atoms with Gasteiger partial charge in [0.15, 0.2) is 0 Å². The Kier molecular flexibility index (Phi) is 4.13. The highest BCUT2D eigenvalue weighted by atomic mass is 35.5. The molecule has 0 spiro atoms. The SMILES string of the molecule is CCNCc1ccc(Cl)cc1-c1ccccn1. The summed E-state index contributed by atoms with van der Waals surface area (Å²) >= 11 is 6.05. The molecule has 0 aliphatic carbocycles. The standard InChI is InChI=1S/C14H15ClN2/c1-2-16-10-11-6-7-12(15)9-13(11)14-5-3-4-8-17-14/h3-9,16H,2,10H2,1H3. The van der Waals surface area contributed by atoms with E-state index in [1.807, 2.05) is 30.3 Å². The maximum absolute atomic E-state index is 6.05. The van der Waals surface area contributed by atoms with Gasteiger partial charge in [-0.1, -0.05) is 30.7 Å². The Balaban J connectivity index is 2.40. The average molecular weight is 247 g/mol. The van der Waals surface area contributed by atoms with Crippen LogP contribution in [0.1, 0.15) is 12.5 Å². The summed E-state index contributed by atoms with van der Waals surface area (Å²) in [4.78, 5) is 4.37. The zero-order valence-corrected chi connectivity index (χ0v) is 10.5. The molecule has 2 aromatic rings. The maximum atomic E-state index is 6.05. The smallest absolute Gasteiger partial charge is 0.0705 e. The van der Waals surface area contributed by atoms with Crippen molar-refractivity contribution in [1.82, 2.24) is 10.3 Å². The fourth-order valence-corrected chi connectivity index (χ4v) is 1.90. The summed E-state index contributed by atoms with van der Waals surface area (Å²) in [5.74, 6) is 0. The third-order valence-electron chi connectivity index (χ3n) is 2.58. The van der Waals surface area contributed by atoms with E-state index in [0.29, 0.717) is 0 Å². The first kappa shape index (κ1) is 12.1. The molecule has 0 radical (unpaired) electrons. The Morgan fingerprint density at radius 1 is 1.24 bits per heavy atom. The van der Waals surface area contributed by atoms with Crippen molar-refractivity contribution in [2.24, 2.45) is 0 Å². The van der Waals surface area contributed by atoms with Gasteiger partial charge in [-0.25, -0.2) is 0 Å². The van der Waals surface area contributed by atoms with Crippen molar-refractivity contribution in [3.05, 3.63) is 53.2 Å². The third-order valence-corrected chi connectivity index (χ3v) is 2.81. The van der Waals surface area contributed by atoms with E-state index in [0.717, 1.165) is 29.4 Å². The van der Waals surface area contributed by atoms with Crippen molar-refractivity contribution in [2.75, 3.05) is 6.54 Å². The van der Waals surface area contributed by atoms with E-state index in [1.54, 1.807) is 6.20 Å². The second-order valence-corrected chi connectivity index (χ2v) is 4.23. The Hall–Kier alpha value is -1.38. The highest BCUT2D eigenvalue weighted by Gasteiger charge is 2.06. The fourth-order valence-electron chi connectivity index (χ4n) is 1.72. The number of hydrogen-bond acceptors (Lipinski definition) is 2. The molecule has 2 nitrogen and oxygen atoms in total. The molecule has 0 saturated carbocycles. The van der Waals surface area contributed by atoms with Gasteiger partial charge in [0.05, 0.1) is 5.69 Å². The van der Waals surface area contributed by atoms with Crippen LogP contribution in [-0.2, 0) is 6.54 Å². The summed E-state index contributed by atoms with van der Waals surface area (Å²) in [7, 11) is 0. The second kappa shape index (κ2) is 5.80. The van der Waals surface area contributed by atoms with Gasteiger partial charge in [-0.2, -0.15) is 0 Å². The minimum absolute atomic E-state index is 0.742. The van der Waals surface area contributed by atoms with Gasteiger partial charge in [0.1, 0.15) is 0 Å². The van der Waals surface area contributed by atoms with Gasteiger partial charge >= 0.3 is 0 Å². The van der Waals surface area contributed by atoms with Crippen LogP contribution in [0.15, 0.2) is 42.6 Å². The molecule has 0 aliphatic rings. The van der Waals surface area contributed by atoms with Crippen LogP contribution in [0, 0.1) is 0 Å². The summed E-state index contributed by atoms with van der Waals surface area (Å²) in [5, 5.41) is 4.06. The first-order chi connectivity index (χ1) is 8.31. The van der Waals surface area contributed by atoms with Crippen LogP contribution >= 0.6 is 11.6 Å². The van der Waals surface area contributed by atoms with Crippen LogP contribution in [0.3, 0.4) is 0 Å². The highest BCUT2D eigenvalue weighted by Crippen LogP contribution is 2.25. The molecule has 1 aromatic heterocycles. The highest BCUT2D eigenvalue weighted by molar-refractivity contribution is 6.30. The lowest BCUT2D eigenvalue weighted by molar-refractivity contribution is 0.727. The maximum Gasteiger partial charge on any atom is 0.0705 e. The number of nitrogens with zero attached hydrogens (tertiary/aromatic N) is 1. The molecule has 1 heterocycles. The van der Waals surface area contributed by atoms with Crippen LogP contribution in [0.25, 0.3) is 11.3 Å². The zero-order valence-electron chi connectivity index (χ0n) is 9.78. The molecule has 0 fully saturated rings. The molecule has 17 heavy (non-hydrogen) atoms. The average Bonchev–Trinajstić information content (AvgIpc) is 2.38. The molecule has 2 rings (SSSR count). The van der Waals surface area contributed by atoms with Crippen LogP contribution in [-0.4, -0.2) is 11.5 Å². The van der Waals surface area contributed by atoms with E-state index in [-0.39, 0.29) is 0 Å². The Morgan fingerprint density at radius 3 is 2.82 bits per heavy atom. The first-order valence-corrected chi connectivity index (χ1v) is 6.09. The minimum Gasteiger partial charge on any atom is -0.313 e. The Labute approximate surface area is 107 Å². The summed E-state index contributed by atoms with van der Waals surface area (Å²) in [6.07, 6.45) is 1.80. The van der Waals surface area contributed by atoms with Gasteiger partial charge in [0, 0.05) is 23.3 Å². The summed E-state index contributed by atoms with van der Waals surface area (Å²) in [6, 6.07) is 11.8. The lowest BCUT2D eigenvalue weighted by atomic mass is 10.0. The van der Waals surface area contributed by atoms with Gasteiger partial charge in [-0.15, -0.1) is 0 Å². The van der Waals surface area contributed by atoms with E-state index < -0.39 is 0 Å². The molecular weight excluding hydrogens is 232 g/mol. The Morgan fingerprint density at radius 2 is 2.12 bits per heavy atom. The van der Waals surface area contributed by atoms with Crippen molar-refractivity contribution >= 4 is 11.6 Å². The van der Waals surface area contributed by atoms with E-state index in [1.165, 1.54) is 5.56 Å². The number of benzene rings is 1. The number of hydrogen-bond donors (Lipinski definition) is 1. The third kappa shape index (κ3) is 3.05. The van der Waals surface area contributed by atoms with Crippen LogP contribution < -0.4 is 5.32 Å². The zero-order chi connectivity index (χ0) is 12.1. The first-order valence-electron chi connectivity index (χ1n) is 5.72. The lowest BCUT2D eigenvalue weighted by Gasteiger charge is -2.10. The molecule has 0 saturated heterocycles. The number of nitrogens with one attached hydrogen (secondary N) is 1. The van der Waals surface area contributed by atoms with Crippen molar-refractivity contribution in [2.45, 2.75) is 13.5 Å². The van der Waals surface area contributed by atoms with Crippen LogP contribution in [0.4, 0.5) is 0 Å². The van der Waals surface area contributed by atoms with E-state index in [9.17, 15) is 0 Å². The van der Waals surface area contributed by atoms with Crippen molar-refractivity contribution in [3.8, 4) is 11.3 Å². The van der Waals surface area contributed by atoms with E-state index in [2.05, 4.69) is 23.3 Å². The molecule has 0 bridgehead atoms. The quantitative estimate of drug-likeness (QED) is 0.893. The fraction of sp³-hybridized carbons (Fsp3) is 0.214. The summed E-state index contributed by atoms with van der Waals surface area (Å²) in [5.41, 5.74) is 3.27. The van der Waals surface area contributed by atoms with E-state index in [4.69, 9.17) is 11.6 Å². The van der Waals surface area contributed by atoms with Crippen molar-refractivity contribution in [3.63, 3.8) is 0 Å². The molecule has 1 aromatic carbocycles. The number of aromatic nitrogens is 1. The Bertz CT molecular complexity index is 483. The minimum atomic E-state index is 0.742. The predicted molar refractivity (Wildman–Crippen MR) is 72.1 cm³/mol. The lowest BCUT2D eigenvalue weighted by Crippen LogP contribution is -2.12. The molecular formula is C14H15ClN2. The van der Waals surface area contributed by atoms with Gasteiger partial charge in [0.25, 0.3) is 0 Å². The van der Waals surface area contributed by atoms with Gasteiger partial charge in [0.2, 0.25) is 0 Å². The summed E-state index contributed by atoms with van der Waals surface area (Å²) in [6.45, 7) is 3.88. The number of rotatable bonds is 4. The van der Waals surface area contributed by atoms with Gasteiger partial charge in [-0.05, 0) is 36.4 Å². The largest absolute Gasteiger partial charge is 0.313 e. The number of halogens is 1. The topological polar surface area (TPSA) is 24.9 Å². The molecule has 3 heteroatoms. The summed E-state index contributed by atoms with van der Waals surface area (Å²) < 4.78 is 0. The molecule has 0 atom stereocenters. The monoisotopic (exact) mass is 246 g/mol. The van der Waals surface area contributed by atoms with Crippen molar-refractivity contribution in [1.29, 1.82) is 0 Å². The molecule has 0 unspecified atom stereocenters. The van der Waals surface area contributed by atoms with Crippen LogP contribution in [0.2, 0.25) is 5.02 Å². The molecule has 0 aliphatic heterocycles. The predicted octanol–water partition coefficient (Wildman–Crippen LogP) is 3.51. The second-order valence-electron chi connectivity index (χ2n) is 3.80. The normalized spacial score (nSPS) is 10.5. The van der Waals surface area contributed by atoms with Crippen molar-refractivity contribution < 1.29 is 0 Å². The van der Waals surface area contributed by atoms with Gasteiger partial charge in [-0.3, -0.25) is 4.98 Å².